The van der Waals surface area contributed by atoms with Crippen LogP contribution in [0.5, 0.6) is 0 Å². The van der Waals surface area contributed by atoms with Gasteiger partial charge in [-0.3, -0.25) is 14.4 Å². The molecule has 1 aromatic carbocycles. The Bertz CT molecular complexity index is 722. The summed E-state index contributed by atoms with van der Waals surface area (Å²) in [5.74, 6) is -3.62. The number of amides is 1. The molecule has 1 aromatic rings. The van der Waals surface area contributed by atoms with Crippen LogP contribution in [-0.4, -0.2) is 41.4 Å². The van der Waals surface area contributed by atoms with Crippen LogP contribution in [0.2, 0.25) is 0 Å². The summed E-state index contributed by atoms with van der Waals surface area (Å²) in [6.45, 7) is 6.47. The fourth-order valence-electron chi connectivity index (χ4n) is 2.77. The highest BCUT2D eigenvalue weighted by molar-refractivity contribution is 6.23. The summed E-state index contributed by atoms with van der Waals surface area (Å²) in [6, 6.07) is 8.43. The second kappa shape index (κ2) is 8.33. The predicted molar refractivity (Wildman–Crippen MR) is 97.0 cm³/mol. The Hall–Kier alpha value is -2.70. The van der Waals surface area contributed by atoms with Gasteiger partial charge in [0, 0.05) is 0 Å². The number of ketones is 2. The summed E-state index contributed by atoms with van der Waals surface area (Å²) in [5, 5.41) is 2.36. The molecule has 7 heteroatoms. The topological polar surface area (TPSA) is 98.8 Å². The molecule has 0 saturated carbocycles. The van der Waals surface area contributed by atoms with E-state index in [9.17, 15) is 19.2 Å². The second-order valence-corrected chi connectivity index (χ2v) is 7.56. The molecule has 1 heterocycles. The first kappa shape index (κ1) is 20.6. The van der Waals surface area contributed by atoms with Gasteiger partial charge in [0.2, 0.25) is 0 Å². The maximum Gasteiger partial charge on any atom is 0.408 e. The molecule has 3 atom stereocenters. The van der Waals surface area contributed by atoms with E-state index in [1.54, 1.807) is 20.8 Å². The SMILES string of the molecule is C[C@H](NC(=O)OC(C)(C)C)C(=O)C1C(=O)O[C@H](CCc2ccccc2)C1=O. The summed E-state index contributed by atoms with van der Waals surface area (Å²) >= 11 is 0. The van der Waals surface area contributed by atoms with E-state index < -0.39 is 47.3 Å². The third-order valence-electron chi connectivity index (χ3n) is 4.08. The molecule has 27 heavy (non-hydrogen) atoms. The number of hydrogen-bond acceptors (Lipinski definition) is 6. The van der Waals surface area contributed by atoms with Gasteiger partial charge in [-0.1, -0.05) is 30.3 Å². The summed E-state index contributed by atoms with van der Waals surface area (Å²) in [5.41, 5.74) is 0.286. The molecule has 1 unspecified atom stereocenters. The fraction of sp³-hybridized carbons (Fsp3) is 0.500. The molecule has 1 saturated heterocycles. The number of aryl methyl sites for hydroxylation is 1. The van der Waals surface area contributed by atoms with Gasteiger partial charge in [-0.05, 0) is 46.1 Å². The maximum absolute atomic E-state index is 12.5. The first-order chi connectivity index (χ1) is 12.6. The van der Waals surface area contributed by atoms with Gasteiger partial charge in [0.05, 0.1) is 6.04 Å². The van der Waals surface area contributed by atoms with E-state index in [-0.39, 0.29) is 0 Å². The van der Waals surface area contributed by atoms with Crippen LogP contribution in [0.15, 0.2) is 30.3 Å². The summed E-state index contributed by atoms with van der Waals surface area (Å²) in [7, 11) is 0. The third kappa shape index (κ3) is 5.64. The molecule has 146 valence electrons. The number of Topliss-reactive ketones (excluding diaryl/α,β-unsaturated/α-hetero) is 2. The molecule has 0 aliphatic carbocycles. The summed E-state index contributed by atoms with van der Waals surface area (Å²) < 4.78 is 10.2. The summed E-state index contributed by atoms with van der Waals surface area (Å²) in [6.07, 6.45) is -0.869. The van der Waals surface area contributed by atoms with Crippen molar-refractivity contribution in [3.8, 4) is 0 Å². The van der Waals surface area contributed by atoms with Gasteiger partial charge < -0.3 is 14.8 Å². The molecule has 7 nitrogen and oxygen atoms in total. The van der Waals surface area contributed by atoms with E-state index in [1.165, 1.54) is 6.92 Å². The lowest BCUT2D eigenvalue weighted by Gasteiger charge is -2.21. The number of nitrogens with one attached hydrogen (secondary N) is 1. The smallest absolute Gasteiger partial charge is 0.408 e. The average Bonchev–Trinajstić information content (AvgIpc) is 2.85. The Morgan fingerprint density at radius 1 is 1.19 bits per heavy atom. The molecule has 0 aromatic heterocycles. The molecule has 0 bridgehead atoms. The average molecular weight is 375 g/mol. The largest absolute Gasteiger partial charge is 0.453 e. The number of ether oxygens (including phenoxy) is 2. The van der Waals surface area contributed by atoms with E-state index in [1.807, 2.05) is 30.3 Å². The van der Waals surface area contributed by atoms with Gasteiger partial charge in [-0.15, -0.1) is 0 Å². The molecule has 1 N–H and O–H groups in total. The van der Waals surface area contributed by atoms with Crippen molar-refractivity contribution in [3.63, 3.8) is 0 Å². The molecule has 2 rings (SSSR count). The fourth-order valence-corrected chi connectivity index (χ4v) is 2.77. The van der Waals surface area contributed by atoms with Crippen LogP contribution in [-0.2, 0) is 30.3 Å². The lowest BCUT2D eigenvalue weighted by molar-refractivity contribution is -0.147. The van der Waals surface area contributed by atoms with Crippen LogP contribution in [0, 0.1) is 5.92 Å². The molecular weight excluding hydrogens is 350 g/mol. The number of carbonyl (C=O) groups excluding carboxylic acids is 4. The predicted octanol–water partition coefficient (Wildman–Crippen LogP) is 2.21. The number of carbonyl (C=O) groups is 4. The van der Waals surface area contributed by atoms with Gasteiger partial charge in [-0.2, -0.15) is 0 Å². The highest BCUT2D eigenvalue weighted by atomic mass is 16.6. The molecule has 1 aliphatic rings. The first-order valence-electron chi connectivity index (χ1n) is 8.90. The number of esters is 1. The van der Waals surface area contributed by atoms with Crippen LogP contribution in [0.25, 0.3) is 0 Å². The minimum Gasteiger partial charge on any atom is -0.453 e. The van der Waals surface area contributed by atoms with E-state index in [0.717, 1.165) is 5.56 Å². The van der Waals surface area contributed by atoms with Gasteiger partial charge in [0.1, 0.15) is 5.60 Å². The van der Waals surface area contributed by atoms with Crippen LogP contribution in [0.3, 0.4) is 0 Å². The Balaban J connectivity index is 1.94. The van der Waals surface area contributed by atoms with Gasteiger partial charge in [0.15, 0.2) is 23.6 Å². The minimum atomic E-state index is -1.50. The molecule has 0 spiro atoms. The molecule has 1 aliphatic heterocycles. The Labute approximate surface area is 158 Å². The van der Waals surface area contributed by atoms with Gasteiger partial charge in [-0.25, -0.2) is 4.79 Å². The van der Waals surface area contributed by atoms with Crippen molar-refractivity contribution in [1.82, 2.24) is 5.32 Å². The number of alkyl carbamates (subject to hydrolysis) is 1. The first-order valence-corrected chi connectivity index (χ1v) is 8.90. The molecule has 1 amide bonds. The van der Waals surface area contributed by atoms with Crippen molar-refractivity contribution < 1.29 is 28.7 Å². The number of hydrogen-bond donors (Lipinski definition) is 1. The van der Waals surface area contributed by atoms with Gasteiger partial charge >= 0.3 is 12.1 Å². The van der Waals surface area contributed by atoms with Crippen molar-refractivity contribution in [2.45, 2.75) is 58.3 Å². The Kier molecular flexibility index (Phi) is 6.36. The molecule has 1 fully saturated rings. The minimum absolute atomic E-state index is 0.312. The van der Waals surface area contributed by atoms with E-state index >= 15 is 0 Å². The second-order valence-electron chi connectivity index (χ2n) is 7.56. The van der Waals surface area contributed by atoms with Crippen LogP contribution >= 0.6 is 0 Å². The number of cyclic esters (lactones) is 1. The number of benzene rings is 1. The van der Waals surface area contributed by atoms with E-state index in [4.69, 9.17) is 9.47 Å². The van der Waals surface area contributed by atoms with Gasteiger partial charge in [0.25, 0.3) is 0 Å². The molecule has 0 radical (unpaired) electrons. The Morgan fingerprint density at radius 2 is 1.81 bits per heavy atom. The van der Waals surface area contributed by atoms with E-state index in [2.05, 4.69) is 5.32 Å². The lowest BCUT2D eigenvalue weighted by atomic mass is 9.92. The van der Waals surface area contributed by atoms with Crippen molar-refractivity contribution in [2.75, 3.05) is 0 Å². The van der Waals surface area contributed by atoms with Crippen LogP contribution in [0.4, 0.5) is 4.79 Å². The highest BCUT2D eigenvalue weighted by Crippen LogP contribution is 2.23. The lowest BCUT2D eigenvalue weighted by Crippen LogP contribution is -2.46. The molecular formula is C20H25NO6. The maximum atomic E-state index is 12.5. The summed E-state index contributed by atoms with van der Waals surface area (Å²) in [4.78, 5) is 48.8. The third-order valence-corrected chi connectivity index (χ3v) is 4.08. The monoisotopic (exact) mass is 375 g/mol. The van der Waals surface area contributed by atoms with E-state index in [0.29, 0.717) is 12.8 Å². The van der Waals surface area contributed by atoms with Crippen molar-refractivity contribution in [3.05, 3.63) is 35.9 Å². The zero-order chi connectivity index (χ0) is 20.2. The normalized spacial score (nSPS) is 20.7. The standard InChI is InChI=1S/C20H25NO6/c1-12(21-19(25)27-20(2,3)4)16(22)15-17(23)14(26-18(15)24)11-10-13-8-6-5-7-9-13/h5-9,12,14-15H,10-11H2,1-4H3,(H,21,25)/t12-,14+,15?/m0/s1. The van der Waals surface area contributed by atoms with Crippen molar-refractivity contribution >= 4 is 23.6 Å². The quantitative estimate of drug-likeness (QED) is 0.605. The van der Waals surface area contributed by atoms with Crippen LogP contribution in [0.1, 0.15) is 39.7 Å². The van der Waals surface area contributed by atoms with Crippen molar-refractivity contribution in [2.24, 2.45) is 5.92 Å². The number of rotatable bonds is 6. The Morgan fingerprint density at radius 3 is 2.41 bits per heavy atom. The zero-order valence-electron chi connectivity index (χ0n) is 16.0. The van der Waals surface area contributed by atoms with Crippen molar-refractivity contribution in [1.29, 1.82) is 0 Å². The highest BCUT2D eigenvalue weighted by Gasteiger charge is 2.48. The van der Waals surface area contributed by atoms with Crippen LogP contribution < -0.4 is 5.32 Å². The zero-order valence-corrected chi connectivity index (χ0v) is 16.0.